The van der Waals surface area contributed by atoms with Gasteiger partial charge in [-0.25, -0.2) is 4.79 Å². The number of amides is 2. The summed E-state index contributed by atoms with van der Waals surface area (Å²) >= 11 is 0. The standard InChI is InChI=1S/C15H17NO6/c1-20-8-4-9-21-10-7-13(17)22-16-14(18)11-5-2-3-6-12(11)15(16)19/h2-3,5-6H,4,7-10H2,1H3. The minimum atomic E-state index is -0.693. The average molecular weight is 307 g/mol. The van der Waals surface area contributed by atoms with Crippen LogP contribution in [0.15, 0.2) is 24.3 Å². The van der Waals surface area contributed by atoms with Gasteiger partial charge in [0.1, 0.15) is 0 Å². The van der Waals surface area contributed by atoms with Gasteiger partial charge < -0.3 is 14.3 Å². The lowest BCUT2D eigenvalue weighted by molar-refractivity contribution is -0.169. The lowest BCUT2D eigenvalue weighted by Crippen LogP contribution is -2.33. The number of hydrogen-bond acceptors (Lipinski definition) is 6. The molecule has 0 N–H and O–H groups in total. The molecule has 7 nitrogen and oxygen atoms in total. The predicted octanol–water partition coefficient (Wildman–Crippen LogP) is 1.18. The molecule has 1 aliphatic rings. The first-order valence-corrected chi connectivity index (χ1v) is 6.90. The van der Waals surface area contributed by atoms with Gasteiger partial charge in [0.15, 0.2) is 0 Å². The molecule has 118 valence electrons. The monoisotopic (exact) mass is 307 g/mol. The maximum atomic E-state index is 12.0. The molecule has 2 rings (SSSR count). The molecule has 0 bridgehead atoms. The first-order chi connectivity index (χ1) is 10.6. The molecule has 2 amide bonds. The highest BCUT2D eigenvalue weighted by molar-refractivity contribution is 6.20. The van der Waals surface area contributed by atoms with Crippen molar-refractivity contribution in [2.24, 2.45) is 0 Å². The van der Waals surface area contributed by atoms with E-state index in [9.17, 15) is 14.4 Å². The van der Waals surface area contributed by atoms with Crippen molar-refractivity contribution >= 4 is 17.8 Å². The Bertz CT molecular complexity index is 536. The lowest BCUT2D eigenvalue weighted by Gasteiger charge is -2.12. The van der Waals surface area contributed by atoms with Crippen molar-refractivity contribution in [2.45, 2.75) is 12.8 Å². The fourth-order valence-corrected chi connectivity index (χ4v) is 1.96. The molecule has 7 heteroatoms. The van der Waals surface area contributed by atoms with Crippen LogP contribution in [-0.4, -0.2) is 49.8 Å². The molecule has 1 aromatic rings. The third-order valence-corrected chi connectivity index (χ3v) is 3.04. The van der Waals surface area contributed by atoms with Gasteiger partial charge in [0.2, 0.25) is 0 Å². The minimum Gasteiger partial charge on any atom is -0.385 e. The normalized spacial score (nSPS) is 13.4. The van der Waals surface area contributed by atoms with Crippen LogP contribution in [0.25, 0.3) is 0 Å². The number of rotatable bonds is 8. The van der Waals surface area contributed by atoms with Crippen molar-refractivity contribution in [1.29, 1.82) is 0 Å². The van der Waals surface area contributed by atoms with E-state index < -0.39 is 17.8 Å². The van der Waals surface area contributed by atoms with Crippen LogP contribution in [0.4, 0.5) is 0 Å². The zero-order valence-electron chi connectivity index (χ0n) is 12.2. The van der Waals surface area contributed by atoms with Gasteiger partial charge in [0.25, 0.3) is 11.8 Å². The minimum absolute atomic E-state index is 0.0413. The van der Waals surface area contributed by atoms with Gasteiger partial charge in [0, 0.05) is 20.3 Å². The Kier molecular flexibility index (Phi) is 5.62. The number of fused-ring (bicyclic) bond motifs is 1. The predicted molar refractivity (Wildman–Crippen MR) is 75.0 cm³/mol. The molecule has 22 heavy (non-hydrogen) atoms. The SMILES string of the molecule is COCCCOCCC(=O)ON1C(=O)c2ccccc2C1=O. The van der Waals surface area contributed by atoms with Crippen molar-refractivity contribution in [2.75, 3.05) is 26.9 Å². The molecule has 1 aliphatic heterocycles. The van der Waals surface area contributed by atoms with Crippen molar-refractivity contribution in [3.05, 3.63) is 35.4 Å². The van der Waals surface area contributed by atoms with Gasteiger partial charge in [-0.1, -0.05) is 17.2 Å². The summed E-state index contributed by atoms with van der Waals surface area (Å²) in [5.41, 5.74) is 0.465. The van der Waals surface area contributed by atoms with E-state index in [0.717, 1.165) is 6.42 Å². The van der Waals surface area contributed by atoms with E-state index in [0.29, 0.717) is 18.3 Å². The van der Waals surface area contributed by atoms with Crippen LogP contribution in [0, 0.1) is 0 Å². The number of hydroxylamine groups is 2. The highest BCUT2D eigenvalue weighted by Gasteiger charge is 2.38. The second-order valence-corrected chi connectivity index (χ2v) is 4.62. The second-order valence-electron chi connectivity index (χ2n) is 4.62. The topological polar surface area (TPSA) is 82.1 Å². The number of carbonyl (C=O) groups is 3. The Morgan fingerprint density at radius 1 is 1.05 bits per heavy atom. The van der Waals surface area contributed by atoms with Crippen LogP contribution in [0.3, 0.4) is 0 Å². The fourth-order valence-electron chi connectivity index (χ4n) is 1.96. The number of imide groups is 1. The highest BCUT2D eigenvalue weighted by Crippen LogP contribution is 2.22. The van der Waals surface area contributed by atoms with Crippen LogP contribution in [0.1, 0.15) is 33.6 Å². The first-order valence-electron chi connectivity index (χ1n) is 6.90. The smallest absolute Gasteiger partial charge is 0.335 e. The van der Waals surface area contributed by atoms with Crippen LogP contribution in [0.5, 0.6) is 0 Å². The van der Waals surface area contributed by atoms with Crippen LogP contribution < -0.4 is 0 Å². The molecule has 1 aromatic carbocycles. The molecule has 0 spiro atoms. The van der Waals surface area contributed by atoms with Crippen LogP contribution in [0.2, 0.25) is 0 Å². The van der Waals surface area contributed by atoms with E-state index in [1.54, 1.807) is 19.2 Å². The van der Waals surface area contributed by atoms with Crippen molar-refractivity contribution in [3.63, 3.8) is 0 Å². The van der Waals surface area contributed by atoms with Crippen LogP contribution >= 0.6 is 0 Å². The summed E-state index contributed by atoms with van der Waals surface area (Å²) in [7, 11) is 1.60. The Morgan fingerprint density at radius 2 is 1.68 bits per heavy atom. The summed E-state index contributed by atoms with van der Waals surface area (Å²) in [4.78, 5) is 40.4. The molecule has 0 atom stereocenters. The van der Waals surface area contributed by atoms with Gasteiger partial charge in [-0.15, -0.1) is 0 Å². The number of ether oxygens (including phenoxy) is 2. The highest BCUT2D eigenvalue weighted by atomic mass is 16.7. The van der Waals surface area contributed by atoms with E-state index in [1.165, 1.54) is 12.1 Å². The van der Waals surface area contributed by atoms with Gasteiger partial charge >= 0.3 is 5.97 Å². The van der Waals surface area contributed by atoms with Gasteiger partial charge in [-0.3, -0.25) is 9.59 Å². The molecule has 0 saturated carbocycles. The molecule has 1 heterocycles. The van der Waals surface area contributed by atoms with E-state index in [-0.39, 0.29) is 24.2 Å². The van der Waals surface area contributed by atoms with Gasteiger partial charge in [-0.2, -0.15) is 0 Å². The molecule has 0 fully saturated rings. The zero-order valence-corrected chi connectivity index (χ0v) is 12.2. The molecule has 0 aliphatic carbocycles. The Hall–Kier alpha value is -2.25. The molecule has 0 aromatic heterocycles. The van der Waals surface area contributed by atoms with E-state index in [2.05, 4.69) is 0 Å². The Labute approximate surface area is 127 Å². The third kappa shape index (κ3) is 3.69. The van der Waals surface area contributed by atoms with Crippen LogP contribution in [-0.2, 0) is 19.1 Å². The molecule has 0 saturated heterocycles. The number of methoxy groups -OCH3 is 1. The molecular formula is C15H17NO6. The average Bonchev–Trinajstić information content (AvgIpc) is 2.76. The molecular weight excluding hydrogens is 290 g/mol. The third-order valence-electron chi connectivity index (χ3n) is 3.04. The lowest BCUT2D eigenvalue weighted by atomic mass is 10.1. The summed E-state index contributed by atoms with van der Waals surface area (Å²) in [6.07, 6.45) is 0.685. The Balaban J connectivity index is 1.79. The van der Waals surface area contributed by atoms with Crippen molar-refractivity contribution in [1.82, 2.24) is 5.06 Å². The maximum Gasteiger partial charge on any atom is 0.335 e. The summed E-state index contributed by atoms with van der Waals surface area (Å²) in [5, 5.41) is 0.498. The number of benzene rings is 1. The number of carbonyl (C=O) groups excluding carboxylic acids is 3. The Morgan fingerprint density at radius 3 is 2.27 bits per heavy atom. The van der Waals surface area contributed by atoms with Gasteiger partial charge in [-0.05, 0) is 18.6 Å². The summed E-state index contributed by atoms with van der Waals surface area (Å²) < 4.78 is 10.1. The quantitative estimate of drug-likeness (QED) is 0.530. The fraction of sp³-hybridized carbons (Fsp3) is 0.400. The summed E-state index contributed by atoms with van der Waals surface area (Å²) in [6, 6.07) is 6.32. The van der Waals surface area contributed by atoms with E-state index in [1.807, 2.05) is 0 Å². The van der Waals surface area contributed by atoms with Gasteiger partial charge in [0.05, 0.1) is 24.2 Å². The second kappa shape index (κ2) is 7.67. The van der Waals surface area contributed by atoms with Crippen molar-refractivity contribution < 1.29 is 28.7 Å². The van der Waals surface area contributed by atoms with E-state index in [4.69, 9.17) is 14.3 Å². The summed E-state index contributed by atoms with van der Waals surface area (Å²) in [6.45, 7) is 1.21. The first kappa shape index (κ1) is 16.1. The molecule has 0 unspecified atom stereocenters. The van der Waals surface area contributed by atoms with E-state index >= 15 is 0 Å². The van der Waals surface area contributed by atoms with Crippen molar-refractivity contribution in [3.8, 4) is 0 Å². The molecule has 0 radical (unpaired) electrons. The summed E-state index contributed by atoms with van der Waals surface area (Å²) in [5.74, 6) is -1.95. The zero-order chi connectivity index (χ0) is 15.9. The number of hydrogen-bond donors (Lipinski definition) is 0. The largest absolute Gasteiger partial charge is 0.385 e. The maximum absolute atomic E-state index is 12.0. The number of nitrogens with zero attached hydrogens (tertiary/aromatic N) is 1.